The van der Waals surface area contributed by atoms with Crippen LogP contribution in [0.5, 0.6) is 0 Å². The first-order valence-electron chi connectivity index (χ1n) is 2.39. The van der Waals surface area contributed by atoms with Crippen molar-refractivity contribution in [3.05, 3.63) is 0 Å². The monoisotopic (exact) mass is 136 g/mol. The quantitative estimate of drug-likeness (QED) is 0.515. The summed E-state index contributed by atoms with van der Waals surface area (Å²) < 4.78 is 4.91. The summed E-state index contributed by atoms with van der Waals surface area (Å²) in [6.07, 6.45) is 0.116. The maximum absolute atomic E-state index is 5.28. The Hall–Kier alpha value is 0.230. The molecule has 50 valence electrons. The molecule has 0 heterocycles. The minimum atomic E-state index is 0.116. The third-order valence-electron chi connectivity index (χ3n) is 0.878. The molecule has 1 unspecified atom stereocenters. The highest BCUT2D eigenvalue weighted by Crippen LogP contribution is 1.94. The molecule has 0 amide bonds. The van der Waals surface area contributed by atoms with Gasteiger partial charge < -0.3 is 10.5 Å². The second kappa shape index (κ2) is 5.37. The van der Waals surface area contributed by atoms with Gasteiger partial charge in [-0.05, 0) is 0 Å². The van der Waals surface area contributed by atoms with Crippen LogP contribution in [0.25, 0.3) is 0 Å². The van der Waals surface area contributed by atoms with Crippen LogP contribution >= 0.6 is 11.9 Å². The molecule has 0 aliphatic carbocycles. The van der Waals surface area contributed by atoms with E-state index < -0.39 is 0 Å². The van der Waals surface area contributed by atoms with Crippen molar-refractivity contribution in [2.24, 2.45) is 10.9 Å². The molecule has 0 saturated carbocycles. The Bertz CT molecular complexity index is 49.3. The molecule has 0 rings (SSSR count). The van der Waals surface area contributed by atoms with Crippen LogP contribution in [-0.2, 0) is 4.74 Å². The smallest absolute Gasteiger partial charge is 0.0796 e. The van der Waals surface area contributed by atoms with Crippen molar-refractivity contribution in [2.45, 2.75) is 6.10 Å². The van der Waals surface area contributed by atoms with Crippen LogP contribution in [0.1, 0.15) is 0 Å². The van der Waals surface area contributed by atoms with Gasteiger partial charge in [0.25, 0.3) is 0 Å². The van der Waals surface area contributed by atoms with E-state index in [1.54, 1.807) is 7.11 Å². The van der Waals surface area contributed by atoms with Crippen molar-refractivity contribution in [3.8, 4) is 0 Å². The van der Waals surface area contributed by atoms with E-state index in [1.165, 1.54) is 11.9 Å². The van der Waals surface area contributed by atoms with E-state index in [1.807, 2.05) is 0 Å². The Kier molecular flexibility index (Phi) is 5.52. The Morgan fingerprint density at radius 1 is 1.75 bits per heavy atom. The summed E-state index contributed by atoms with van der Waals surface area (Å²) in [5.74, 6) is 0.771. The van der Waals surface area contributed by atoms with Crippen LogP contribution in [0.15, 0.2) is 0 Å². The number of methoxy groups -OCH3 is 1. The molecular weight excluding hydrogens is 124 g/mol. The van der Waals surface area contributed by atoms with Crippen LogP contribution in [0.2, 0.25) is 0 Å². The standard InChI is InChI=1S/C4H12N2OS/c1-7-4(2-5)3-8-6/h4H,2-3,5-6H2,1H3. The van der Waals surface area contributed by atoms with Crippen molar-refractivity contribution in [2.75, 3.05) is 19.4 Å². The number of nitrogens with two attached hydrogens (primary N) is 2. The molecule has 0 bridgehead atoms. The van der Waals surface area contributed by atoms with Crippen molar-refractivity contribution < 1.29 is 4.74 Å². The van der Waals surface area contributed by atoms with E-state index in [-0.39, 0.29) is 6.10 Å². The van der Waals surface area contributed by atoms with Crippen molar-refractivity contribution in [1.82, 2.24) is 0 Å². The van der Waals surface area contributed by atoms with E-state index in [0.29, 0.717) is 6.54 Å². The lowest BCUT2D eigenvalue weighted by atomic mass is 10.4. The first kappa shape index (κ1) is 8.23. The Morgan fingerprint density at radius 3 is 2.50 bits per heavy atom. The van der Waals surface area contributed by atoms with E-state index in [2.05, 4.69) is 0 Å². The summed E-state index contributed by atoms with van der Waals surface area (Å²) >= 11 is 1.25. The van der Waals surface area contributed by atoms with Gasteiger partial charge in [0.1, 0.15) is 0 Å². The lowest BCUT2D eigenvalue weighted by Crippen LogP contribution is -2.25. The predicted molar refractivity (Wildman–Crippen MR) is 36.5 cm³/mol. The van der Waals surface area contributed by atoms with Gasteiger partial charge in [-0.2, -0.15) is 0 Å². The molecule has 0 aliphatic heterocycles. The van der Waals surface area contributed by atoms with Crippen molar-refractivity contribution in [3.63, 3.8) is 0 Å². The molecule has 0 spiro atoms. The molecule has 0 aromatic rings. The van der Waals surface area contributed by atoms with E-state index in [4.69, 9.17) is 15.6 Å². The fraction of sp³-hybridized carbons (Fsp3) is 1.00. The molecule has 4 heteroatoms. The fourth-order valence-corrected chi connectivity index (χ4v) is 0.826. The maximum atomic E-state index is 5.28. The summed E-state index contributed by atoms with van der Waals surface area (Å²) in [6, 6.07) is 0. The highest BCUT2D eigenvalue weighted by molar-refractivity contribution is 7.97. The third kappa shape index (κ3) is 3.26. The maximum Gasteiger partial charge on any atom is 0.0796 e. The first-order chi connectivity index (χ1) is 3.85. The van der Waals surface area contributed by atoms with Gasteiger partial charge in [0.15, 0.2) is 0 Å². The van der Waals surface area contributed by atoms with Crippen LogP contribution < -0.4 is 10.9 Å². The van der Waals surface area contributed by atoms with E-state index in [9.17, 15) is 0 Å². The topological polar surface area (TPSA) is 61.3 Å². The van der Waals surface area contributed by atoms with Gasteiger partial charge in [0, 0.05) is 19.4 Å². The molecule has 8 heavy (non-hydrogen) atoms. The number of rotatable bonds is 4. The Morgan fingerprint density at radius 2 is 2.38 bits per heavy atom. The normalized spacial score (nSPS) is 13.9. The molecule has 0 saturated heterocycles. The Balaban J connectivity index is 3.07. The zero-order valence-corrected chi connectivity index (χ0v) is 5.78. The highest BCUT2D eigenvalue weighted by Gasteiger charge is 2.00. The van der Waals surface area contributed by atoms with Gasteiger partial charge in [0.05, 0.1) is 6.10 Å². The van der Waals surface area contributed by atoms with E-state index in [0.717, 1.165) is 5.75 Å². The average Bonchev–Trinajstić information content (AvgIpc) is 1.83. The van der Waals surface area contributed by atoms with Crippen LogP contribution in [0, 0.1) is 0 Å². The molecular formula is C4H12N2OS. The minimum absolute atomic E-state index is 0.116. The zero-order valence-electron chi connectivity index (χ0n) is 4.96. The fourth-order valence-electron chi connectivity index (χ4n) is 0.340. The van der Waals surface area contributed by atoms with Gasteiger partial charge in [-0.3, -0.25) is 5.14 Å². The second-order valence-electron chi connectivity index (χ2n) is 1.43. The lowest BCUT2D eigenvalue weighted by molar-refractivity contribution is 0.129. The number of ether oxygens (including phenoxy) is 1. The summed E-state index contributed by atoms with van der Waals surface area (Å²) in [6.45, 7) is 0.542. The molecule has 0 aromatic carbocycles. The van der Waals surface area contributed by atoms with Crippen LogP contribution in [0.4, 0.5) is 0 Å². The Labute approximate surface area is 53.9 Å². The second-order valence-corrected chi connectivity index (χ2v) is 2.09. The molecule has 0 radical (unpaired) electrons. The highest BCUT2D eigenvalue weighted by atomic mass is 32.2. The molecule has 1 atom stereocenters. The molecule has 0 aliphatic rings. The zero-order chi connectivity index (χ0) is 6.41. The van der Waals surface area contributed by atoms with Crippen molar-refractivity contribution in [1.29, 1.82) is 0 Å². The van der Waals surface area contributed by atoms with Crippen LogP contribution in [-0.4, -0.2) is 25.5 Å². The third-order valence-corrected chi connectivity index (χ3v) is 1.44. The van der Waals surface area contributed by atoms with Crippen molar-refractivity contribution >= 4 is 11.9 Å². The van der Waals surface area contributed by atoms with Gasteiger partial charge >= 0.3 is 0 Å². The van der Waals surface area contributed by atoms with Gasteiger partial charge in [-0.15, -0.1) is 0 Å². The molecule has 4 N–H and O–H groups in total. The summed E-state index contributed by atoms with van der Waals surface area (Å²) in [5, 5.41) is 5.16. The predicted octanol–water partition coefficient (Wildman–Crippen LogP) is -0.433. The molecule has 0 fully saturated rings. The first-order valence-corrected chi connectivity index (χ1v) is 3.44. The SMILES string of the molecule is COC(CN)CSN. The largest absolute Gasteiger partial charge is 0.379 e. The average molecular weight is 136 g/mol. The van der Waals surface area contributed by atoms with Crippen LogP contribution in [0.3, 0.4) is 0 Å². The number of hydrogen-bond donors (Lipinski definition) is 2. The lowest BCUT2D eigenvalue weighted by Gasteiger charge is -2.08. The van der Waals surface area contributed by atoms with Gasteiger partial charge in [0.2, 0.25) is 0 Å². The molecule has 3 nitrogen and oxygen atoms in total. The summed E-state index contributed by atoms with van der Waals surface area (Å²) in [5.41, 5.74) is 5.28. The van der Waals surface area contributed by atoms with Gasteiger partial charge in [-0.25, -0.2) is 0 Å². The number of hydrogen-bond acceptors (Lipinski definition) is 4. The minimum Gasteiger partial charge on any atom is -0.379 e. The summed E-state index contributed by atoms with van der Waals surface area (Å²) in [4.78, 5) is 0. The van der Waals surface area contributed by atoms with Gasteiger partial charge in [-0.1, -0.05) is 11.9 Å². The molecule has 0 aromatic heterocycles. The summed E-state index contributed by atoms with van der Waals surface area (Å²) in [7, 11) is 1.63. The van der Waals surface area contributed by atoms with E-state index >= 15 is 0 Å².